The molecule has 0 heterocycles. The van der Waals surface area contributed by atoms with Crippen LogP contribution in [0.15, 0.2) is 53.0 Å². The van der Waals surface area contributed by atoms with Gasteiger partial charge in [-0.1, -0.05) is 70.9 Å². The van der Waals surface area contributed by atoms with Crippen LogP contribution in [0.25, 0.3) is 0 Å². The average Bonchev–Trinajstić information content (AvgIpc) is 2.44. The molecule has 0 amide bonds. The van der Waals surface area contributed by atoms with Gasteiger partial charge in [-0.15, -0.1) is 0 Å². The molecule has 2 rings (SSSR count). The van der Waals surface area contributed by atoms with Gasteiger partial charge in [0.2, 0.25) is 0 Å². The maximum Gasteiger partial charge on any atom is 0.0449 e. The number of rotatable bonds is 5. The quantitative estimate of drug-likeness (QED) is 0.775. The fraction of sp³-hybridized carbons (Fsp3) is 0.294. The van der Waals surface area contributed by atoms with Crippen molar-refractivity contribution in [2.24, 2.45) is 5.92 Å². The number of benzene rings is 2. The summed E-state index contributed by atoms with van der Waals surface area (Å²) in [5.74, 6) is 0.459. The third-order valence-corrected chi connectivity index (χ3v) is 4.44. The van der Waals surface area contributed by atoms with Crippen LogP contribution >= 0.6 is 27.5 Å². The molecule has 0 aliphatic carbocycles. The second kappa shape index (κ2) is 7.26. The lowest BCUT2D eigenvalue weighted by atomic mass is 9.89. The lowest BCUT2D eigenvalue weighted by Crippen LogP contribution is -2.24. The number of hydrogen-bond donors (Lipinski definition) is 1. The van der Waals surface area contributed by atoms with Crippen molar-refractivity contribution in [1.29, 1.82) is 0 Å². The summed E-state index contributed by atoms with van der Waals surface area (Å²) >= 11 is 9.76. The van der Waals surface area contributed by atoms with Crippen molar-refractivity contribution in [3.63, 3.8) is 0 Å². The zero-order valence-electron chi connectivity index (χ0n) is 11.7. The summed E-state index contributed by atoms with van der Waals surface area (Å²) in [6, 6.07) is 17.0. The normalized spacial score (nSPS) is 14.0. The minimum atomic E-state index is 0.330. The lowest BCUT2D eigenvalue weighted by Gasteiger charge is -2.24. The van der Waals surface area contributed by atoms with Crippen molar-refractivity contribution in [1.82, 2.24) is 5.32 Å². The van der Waals surface area contributed by atoms with Gasteiger partial charge in [-0.2, -0.15) is 0 Å². The average molecular weight is 353 g/mol. The van der Waals surface area contributed by atoms with Crippen LogP contribution in [0.2, 0.25) is 5.02 Å². The lowest BCUT2D eigenvalue weighted by molar-refractivity contribution is 0.409. The number of nitrogens with one attached hydrogen (secondary N) is 1. The van der Waals surface area contributed by atoms with E-state index in [-0.39, 0.29) is 0 Å². The van der Waals surface area contributed by atoms with Crippen LogP contribution in [-0.4, -0.2) is 7.05 Å². The smallest absolute Gasteiger partial charge is 0.0449 e. The Balaban J connectivity index is 2.15. The first-order valence-electron chi connectivity index (χ1n) is 6.78. The van der Waals surface area contributed by atoms with E-state index in [2.05, 4.69) is 58.5 Å². The highest BCUT2D eigenvalue weighted by Gasteiger charge is 2.18. The standard InChI is InChI=1S/C17H19BrClN/c1-12(10-14-8-9-15(18)11-16(14)19)17(20-2)13-6-4-3-5-7-13/h3-9,11-12,17,20H,10H2,1-2H3. The molecule has 0 aromatic heterocycles. The van der Waals surface area contributed by atoms with E-state index in [0.717, 1.165) is 15.9 Å². The zero-order valence-corrected chi connectivity index (χ0v) is 14.1. The highest BCUT2D eigenvalue weighted by Crippen LogP contribution is 2.29. The molecule has 0 fully saturated rings. The minimum absolute atomic E-state index is 0.330. The summed E-state index contributed by atoms with van der Waals surface area (Å²) in [6.45, 7) is 2.26. The molecule has 0 saturated heterocycles. The molecule has 0 spiro atoms. The molecule has 2 atom stereocenters. The van der Waals surface area contributed by atoms with Crippen LogP contribution in [-0.2, 0) is 6.42 Å². The monoisotopic (exact) mass is 351 g/mol. The highest BCUT2D eigenvalue weighted by molar-refractivity contribution is 9.10. The summed E-state index contributed by atoms with van der Waals surface area (Å²) in [5.41, 5.74) is 2.51. The Kier molecular flexibility index (Phi) is 5.64. The Morgan fingerprint density at radius 1 is 1.15 bits per heavy atom. The third kappa shape index (κ3) is 3.85. The SMILES string of the molecule is CNC(c1ccccc1)C(C)Cc1ccc(Br)cc1Cl. The van der Waals surface area contributed by atoms with Crippen LogP contribution in [0.3, 0.4) is 0 Å². The summed E-state index contributed by atoms with van der Waals surface area (Å²) < 4.78 is 1.02. The van der Waals surface area contributed by atoms with Crippen molar-refractivity contribution in [3.05, 3.63) is 69.2 Å². The van der Waals surface area contributed by atoms with Crippen LogP contribution < -0.4 is 5.32 Å². The molecule has 0 aliphatic rings. The Morgan fingerprint density at radius 2 is 1.85 bits per heavy atom. The van der Waals surface area contributed by atoms with E-state index in [1.165, 1.54) is 11.1 Å². The second-order valence-electron chi connectivity index (χ2n) is 5.09. The van der Waals surface area contributed by atoms with E-state index >= 15 is 0 Å². The van der Waals surface area contributed by atoms with Gasteiger partial charge in [0.15, 0.2) is 0 Å². The van der Waals surface area contributed by atoms with Gasteiger partial charge >= 0.3 is 0 Å². The summed E-state index contributed by atoms with van der Waals surface area (Å²) in [7, 11) is 2.01. The molecule has 0 saturated carbocycles. The molecule has 0 radical (unpaired) electrons. The van der Waals surface area contributed by atoms with Crippen molar-refractivity contribution < 1.29 is 0 Å². The van der Waals surface area contributed by atoms with Gasteiger partial charge in [0.1, 0.15) is 0 Å². The topological polar surface area (TPSA) is 12.0 Å². The van der Waals surface area contributed by atoms with Crippen LogP contribution in [0.4, 0.5) is 0 Å². The molecule has 0 bridgehead atoms. The molecule has 2 aromatic rings. The Morgan fingerprint density at radius 3 is 2.45 bits per heavy atom. The van der Waals surface area contributed by atoms with Gasteiger partial charge in [0.25, 0.3) is 0 Å². The molecular formula is C17H19BrClN. The number of halogens is 2. The van der Waals surface area contributed by atoms with Gasteiger partial charge in [-0.25, -0.2) is 0 Å². The molecule has 0 aliphatic heterocycles. The Bertz CT molecular complexity index is 556. The van der Waals surface area contributed by atoms with Crippen molar-refractivity contribution in [2.45, 2.75) is 19.4 Å². The van der Waals surface area contributed by atoms with E-state index in [1.807, 2.05) is 25.2 Å². The first-order chi connectivity index (χ1) is 9.61. The van der Waals surface area contributed by atoms with Crippen LogP contribution in [0.1, 0.15) is 24.1 Å². The summed E-state index contributed by atoms with van der Waals surface area (Å²) in [6.07, 6.45) is 0.951. The molecule has 1 nitrogen and oxygen atoms in total. The fourth-order valence-corrected chi connectivity index (χ4v) is 3.34. The molecule has 20 heavy (non-hydrogen) atoms. The minimum Gasteiger partial charge on any atom is -0.313 e. The maximum absolute atomic E-state index is 6.32. The van der Waals surface area contributed by atoms with Gasteiger partial charge in [-0.3, -0.25) is 0 Å². The molecule has 2 aromatic carbocycles. The summed E-state index contributed by atoms with van der Waals surface area (Å²) in [4.78, 5) is 0. The van der Waals surface area contributed by atoms with Gasteiger partial charge < -0.3 is 5.32 Å². The van der Waals surface area contributed by atoms with Crippen molar-refractivity contribution in [2.75, 3.05) is 7.05 Å². The predicted molar refractivity (Wildman–Crippen MR) is 90.3 cm³/mol. The maximum atomic E-state index is 6.32. The van der Waals surface area contributed by atoms with Gasteiger partial charge in [-0.05, 0) is 42.6 Å². The molecule has 106 valence electrons. The van der Waals surface area contributed by atoms with Gasteiger partial charge in [0, 0.05) is 15.5 Å². The van der Waals surface area contributed by atoms with E-state index in [9.17, 15) is 0 Å². The predicted octanol–water partition coefficient (Wildman–Crippen LogP) is 5.24. The van der Waals surface area contributed by atoms with E-state index in [0.29, 0.717) is 12.0 Å². The van der Waals surface area contributed by atoms with E-state index < -0.39 is 0 Å². The molecular weight excluding hydrogens is 334 g/mol. The fourth-order valence-electron chi connectivity index (χ4n) is 2.59. The second-order valence-corrected chi connectivity index (χ2v) is 6.42. The Labute approximate surface area is 134 Å². The van der Waals surface area contributed by atoms with E-state index in [4.69, 9.17) is 11.6 Å². The largest absolute Gasteiger partial charge is 0.313 e. The zero-order chi connectivity index (χ0) is 14.5. The molecule has 1 N–H and O–H groups in total. The Hall–Kier alpha value is -0.830. The highest BCUT2D eigenvalue weighted by atomic mass is 79.9. The third-order valence-electron chi connectivity index (χ3n) is 3.60. The molecule has 3 heteroatoms. The van der Waals surface area contributed by atoms with E-state index in [1.54, 1.807) is 0 Å². The first-order valence-corrected chi connectivity index (χ1v) is 7.95. The van der Waals surface area contributed by atoms with Crippen LogP contribution in [0, 0.1) is 5.92 Å². The summed E-state index contributed by atoms with van der Waals surface area (Å²) in [5, 5.41) is 4.24. The molecule has 2 unspecified atom stereocenters. The van der Waals surface area contributed by atoms with Crippen molar-refractivity contribution in [3.8, 4) is 0 Å². The van der Waals surface area contributed by atoms with Crippen LogP contribution in [0.5, 0.6) is 0 Å². The number of hydrogen-bond acceptors (Lipinski definition) is 1. The first kappa shape index (κ1) is 15.6. The van der Waals surface area contributed by atoms with Crippen molar-refractivity contribution >= 4 is 27.5 Å². The van der Waals surface area contributed by atoms with Gasteiger partial charge in [0.05, 0.1) is 0 Å².